The fraction of sp³-hybridized carbons (Fsp3) is 0.200. The smallest absolute Gasteiger partial charge is 0.307 e. The number of carboxylic acids is 1. The molecule has 5 heteroatoms. The molecule has 0 atom stereocenters. The number of carbonyl (C=O) groups is 1. The number of benzene rings is 1. The molecule has 0 bridgehead atoms. The van der Waals surface area contributed by atoms with Crippen LogP contribution in [0.25, 0.3) is 11.0 Å². The predicted molar refractivity (Wildman–Crippen MR) is 55.3 cm³/mol. The summed E-state index contributed by atoms with van der Waals surface area (Å²) in [6.45, 7) is 0.350. The van der Waals surface area contributed by atoms with E-state index in [9.17, 15) is 4.79 Å². The minimum atomic E-state index is -0.840. The Morgan fingerprint density at radius 1 is 1.53 bits per heavy atom. The van der Waals surface area contributed by atoms with Crippen LogP contribution in [0.3, 0.4) is 0 Å². The highest BCUT2D eigenvalue weighted by molar-refractivity contribution is 5.78. The second-order valence-electron chi connectivity index (χ2n) is 3.31. The van der Waals surface area contributed by atoms with Crippen LogP contribution in [0.1, 0.15) is 11.4 Å². The SMILES string of the molecule is NCc1nc2ccc(CC(=O)O)cc2[nH]1. The molecule has 1 aromatic heterocycles. The topological polar surface area (TPSA) is 92.0 Å². The third kappa shape index (κ3) is 1.97. The minimum Gasteiger partial charge on any atom is -0.481 e. The average molecular weight is 205 g/mol. The van der Waals surface area contributed by atoms with Crippen LogP contribution in [0, 0.1) is 0 Å². The number of aliphatic carboxylic acids is 1. The van der Waals surface area contributed by atoms with Gasteiger partial charge in [-0.2, -0.15) is 0 Å². The number of imidazole rings is 1. The molecule has 1 aromatic carbocycles. The molecule has 15 heavy (non-hydrogen) atoms. The van der Waals surface area contributed by atoms with Crippen molar-refractivity contribution in [2.45, 2.75) is 13.0 Å². The number of H-pyrrole nitrogens is 1. The number of hydrogen-bond donors (Lipinski definition) is 3. The summed E-state index contributed by atoms with van der Waals surface area (Å²) in [6.07, 6.45) is 0.0208. The molecule has 0 saturated carbocycles. The van der Waals surface area contributed by atoms with Gasteiger partial charge in [-0.25, -0.2) is 4.98 Å². The van der Waals surface area contributed by atoms with Crippen molar-refractivity contribution >= 4 is 17.0 Å². The third-order valence-electron chi connectivity index (χ3n) is 2.14. The quantitative estimate of drug-likeness (QED) is 0.686. The first-order chi connectivity index (χ1) is 7.19. The number of nitrogens with zero attached hydrogens (tertiary/aromatic N) is 1. The van der Waals surface area contributed by atoms with Crippen LogP contribution in [-0.2, 0) is 17.8 Å². The maximum Gasteiger partial charge on any atom is 0.307 e. The second-order valence-corrected chi connectivity index (χ2v) is 3.31. The predicted octanol–water partition coefficient (Wildman–Crippen LogP) is 0.649. The van der Waals surface area contributed by atoms with Crippen LogP contribution in [0.4, 0.5) is 0 Å². The molecule has 0 aliphatic heterocycles. The van der Waals surface area contributed by atoms with Crippen molar-refractivity contribution in [1.29, 1.82) is 0 Å². The number of aromatic amines is 1. The maximum absolute atomic E-state index is 10.5. The summed E-state index contributed by atoms with van der Waals surface area (Å²) in [7, 11) is 0. The lowest BCUT2D eigenvalue weighted by Crippen LogP contribution is -1.99. The number of nitrogens with one attached hydrogen (secondary N) is 1. The summed E-state index contributed by atoms with van der Waals surface area (Å²) in [6, 6.07) is 5.34. The summed E-state index contributed by atoms with van der Waals surface area (Å²) in [5.41, 5.74) is 7.83. The molecule has 0 saturated heterocycles. The molecule has 0 spiro atoms. The van der Waals surface area contributed by atoms with Crippen molar-refractivity contribution in [3.8, 4) is 0 Å². The Kier molecular flexibility index (Phi) is 2.39. The second kappa shape index (κ2) is 3.70. The van der Waals surface area contributed by atoms with Gasteiger partial charge < -0.3 is 15.8 Å². The zero-order valence-electron chi connectivity index (χ0n) is 8.03. The van der Waals surface area contributed by atoms with Crippen LogP contribution in [0.2, 0.25) is 0 Å². The van der Waals surface area contributed by atoms with Crippen LogP contribution >= 0.6 is 0 Å². The molecule has 2 aromatic rings. The van der Waals surface area contributed by atoms with Crippen molar-refractivity contribution < 1.29 is 9.90 Å². The molecular weight excluding hydrogens is 194 g/mol. The van der Waals surface area contributed by atoms with E-state index < -0.39 is 5.97 Å². The van der Waals surface area contributed by atoms with E-state index >= 15 is 0 Å². The molecule has 78 valence electrons. The van der Waals surface area contributed by atoms with Gasteiger partial charge in [0, 0.05) is 0 Å². The summed E-state index contributed by atoms with van der Waals surface area (Å²) < 4.78 is 0. The van der Waals surface area contributed by atoms with Crippen LogP contribution in [0.5, 0.6) is 0 Å². The average Bonchev–Trinajstić information content (AvgIpc) is 2.58. The number of aromatic nitrogens is 2. The first kappa shape index (κ1) is 9.67. The summed E-state index contributed by atoms with van der Waals surface area (Å²) in [5, 5.41) is 8.64. The molecule has 0 fully saturated rings. The molecule has 0 amide bonds. The number of nitrogens with two attached hydrogens (primary N) is 1. The van der Waals surface area contributed by atoms with E-state index in [1.165, 1.54) is 0 Å². The van der Waals surface area contributed by atoms with Gasteiger partial charge in [-0.3, -0.25) is 4.79 Å². The van der Waals surface area contributed by atoms with Crippen molar-refractivity contribution in [2.24, 2.45) is 5.73 Å². The lowest BCUT2D eigenvalue weighted by molar-refractivity contribution is -0.136. The van der Waals surface area contributed by atoms with Gasteiger partial charge in [0.15, 0.2) is 0 Å². The molecule has 5 nitrogen and oxygen atoms in total. The van der Waals surface area contributed by atoms with Crippen molar-refractivity contribution in [3.05, 3.63) is 29.6 Å². The minimum absolute atomic E-state index is 0.0208. The first-order valence-corrected chi connectivity index (χ1v) is 4.58. The highest BCUT2D eigenvalue weighted by Gasteiger charge is 2.04. The molecule has 1 heterocycles. The number of hydrogen-bond acceptors (Lipinski definition) is 3. The summed E-state index contributed by atoms with van der Waals surface area (Å²) in [5.74, 6) is -0.134. The fourth-order valence-electron chi connectivity index (χ4n) is 1.49. The molecule has 4 N–H and O–H groups in total. The van der Waals surface area contributed by atoms with Crippen LogP contribution < -0.4 is 5.73 Å². The molecule has 0 radical (unpaired) electrons. The first-order valence-electron chi connectivity index (χ1n) is 4.58. The molecule has 0 aliphatic carbocycles. The Morgan fingerprint density at radius 3 is 3.00 bits per heavy atom. The van der Waals surface area contributed by atoms with Gasteiger partial charge in [0.05, 0.1) is 24.0 Å². The Bertz CT molecular complexity index is 504. The number of rotatable bonds is 3. The van der Waals surface area contributed by atoms with E-state index in [-0.39, 0.29) is 6.42 Å². The van der Waals surface area contributed by atoms with Gasteiger partial charge >= 0.3 is 5.97 Å². The molecule has 0 aliphatic rings. The Balaban J connectivity index is 2.41. The van der Waals surface area contributed by atoms with E-state index in [1.807, 2.05) is 0 Å². The Hall–Kier alpha value is -1.88. The zero-order valence-corrected chi connectivity index (χ0v) is 8.03. The fourth-order valence-corrected chi connectivity index (χ4v) is 1.49. The lowest BCUT2D eigenvalue weighted by Gasteiger charge is -1.95. The summed E-state index contributed by atoms with van der Waals surface area (Å²) in [4.78, 5) is 17.8. The van der Waals surface area contributed by atoms with Gasteiger partial charge in [0.25, 0.3) is 0 Å². The lowest BCUT2D eigenvalue weighted by atomic mass is 10.1. The van der Waals surface area contributed by atoms with E-state index in [4.69, 9.17) is 10.8 Å². The van der Waals surface area contributed by atoms with Gasteiger partial charge in [-0.1, -0.05) is 6.07 Å². The van der Waals surface area contributed by atoms with Gasteiger partial charge in [-0.15, -0.1) is 0 Å². The largest absolute Gasteiger partial charge is 0.481 e. The van der Waals surface area contributed by atoms with E-state index in [1.54, 1.807) is 18.2 Å². The van der Waals surface area contributed by atoms with Crippen molar-refractivity contribution in [2.75, 3.05) is 0 Å². The molecule has 2 rings (SSSR count). The molecule has 0 unspecified atom stereocenters. The normalized spacial score (nSPS) is 10.7. The highest BCUT2D eigenvalue weighted by atomic mass is 16.4. The Labute approximate surface area is 85.9 Å². The van der Waals surface area contributed by atoms with E-state index in [2.05, 4.69) is 9.97 Å². The van der Waals surface area contributed by atoms with Crippen LogP contribution in [0.15, 0.2) is 18.2 Å². The van der Waals surface area contributed by atoms with Gasteiger partial charge in [0.1, 0.15) is 5.82 Å². The highest BCUT2D eigenvalue weighted by Crippen LogP contribution is 2.14. The monoisotopic (exact) mass is 205 g/mol. The maximum atomic E-state index is 10.5. The molecular formula is C10H11N3O2. The van der Waals surface area contributed by atoms with Crippen molar-refractivity contribution in [3.63, 3.8) is 0 Å². The van der Waals surface area contributed by atoms with Crippen molar-refractivity contribution in [1.82, 2.24) is 9.97 Å². The van der Waals surface area contributed by atoms with Gasteiger partial charge in [0.2, 0.25) is 0 Å². The van der Waals surface area contributed by atoms with E-state index in [0.29, 0.717) is 12.4 Å². The third-order valence-corrected chi connectivity index (χ3v) is 2.14. The number of carboxylic acid groups (broad SMARTS) is 1. The van der Waals surface area contributed by atoms with Crippen LogP contribution in [-0.4, -0.2) is 21.0 Å². The zero-order chi connectivity index (χ0) is 10.8. The summed E-state index contributed by atoms with van der Waals surface area (Å²) >= 11 is 0. The standard InChI is InChI=1S/C10H11N3O2/c11-5-9-12-7-2-1-6(4-10(14)15)3-8(7)13-9/h1-3H,4-5,11H2,(H,12,13)(H,14,15). The van der Waals surface area contributed by atoms with Gasteiger partial charge in [-0.05, 0) is 17.7 Å². The Morgan fingerprint density at radius 2 is 2.33 bits per heavy atom. The van der Waals surface area contributed by atoms with E-state index in [0.717, 1.165) is 16.6 Å². The number of fused-ring (bicyclic) bond motifs is 1.